The van der Waals surface area contributed by atoms with Crippen LogP contribution in [0.1, 0.15) is 31.4 Å². The first kappa shape index (κ1) is 13.1. The molecular formula is C18H22N2O. The number of hydrogen-bond acceptors (Lipinski definition) is 3. The smallest absolute Gasteiger partial charge is 0.0726 e. The lowest BCUT2D eigenvalue weighted by Crippen LogP contribution is -2.44. The molecule has 1 aromatic carbocycles. The fraction of sp³-hybridized carbons (Fsp3) is 0.500. The second kappa shape index (κ2) is 4.99. The van der Waals surface area contributed by atoms with Crippen molar-refractivity contribution in [3.63, 3.8) is 0 Å². The second-order valence-corrected chi connectivity index (χ2v) is 6.42. The van der Waals surface area contributed by atoms with Gasteiger partial charge in [-0.05, 0) is 44.7 Å². The number of para-hydroxylation sites is 1. The lowest BCUT2D eigenvalue weighted by Gasteiger charge is -2.40. The van der Waals surface area contributed by atoms with Gasteiger partial charge >= 0.3 is 0 Å². The zero-order chi connectivity index (χ0) is 14.3. The summed E-state index contributed by atoms with van der Waals surface area (Å²) in [5, 5.41) is 1.27. The number of piperidine rings is 1. The van der Waals surface area contributed by atoms with Gasteiger partial charge in [-0.2, -0.15) is 0 Å². The van der Waals surface area contributed by atoms with Crippen LogP contribution in [0.15, 0.2) is 30.3 Å². The number of rotatable bonds is 1. The summed E-state index contributed by atoms with van der Waals surface area (Å²) >= 11 is 0. The van der Waals surface area contributed by atoms with Gasteiger partial charge in [-0.1, -0.05) is 18.2 Å². The SMILES string of the molecule is Cc1cc(N2CCC3(CCCO3)CC2)c2ccccc2n1. The van der Waals surface area contributed by atoms with E-state index >= 15 is 0 Å². The van der Waals surface area contributed by atoms with Crippen LogP contribution < -0.4 is 4.90 Å². The molecule has 1 spiro atoms. The van der Waals surface area contributed by atoms with E-state index in [1.54, 1.807) is 0 Å². The fourth-order valence-corrected chi connectivity index (χ4v) is 3.85. The first-order valence-electron chi connectivity index (χ1n) is 8.01. The average molecular weight is 282 g/mol. The number of aryl methyl sites for hydroxylation is 1. The molecule has 3 heteroatoms. The van der Waals surface area contributed by atoms with E-state index in [2.05, 4.69) is 47.1 Å². The summed E-state index contributed by atoms with van der Waals surface area (Å²) in [4.78, 5) is 7.17. The molecule has 2 fully saturated rings. The number of aromatic nitrogens is 1. The number of hydrogen-bond donors (Lipinski definition) is 0. The Labute approximate surface area is 125 Å². The highest BCUT2D eigenvalue weighted by molar-refractivity contribution is 5.92. The van der Waals surface area contributed by atoms with Crippen molar-refractivity contribution < 1.29 is 4.74 Å². The lowest BCUT2D eigenvalue weighted by molar-refractivity contribution is -0.0145. The van der Waals surface area contributed by atoms with E-state index in [0.29, 0.717) is 0 Å². The molecule has 0 amide bonds. The average Bonchev–Trinajstić information content (AvgIpc) is 2.95. The summed E-state index contributed by atoms with van der Waals surface area (Å²) in [6.07, 6.45) is 4.79. The first-order valence-corrected chi connectivity index (χ1v) is 8.01. The zero-order valence-electron chi connectivity index (χ0n) is 12.6. The number of ether oxygens (including phenoxy) is 1. The van der Waals surface area contributed by atoms with Crippen molar-refractivity contribution in [1.82, 2.24) is 4.98 Å². The van der Waals surface area contributed by atoms with Crippen LogP contribution in [-0.4, -0.2) is 30.3 Å². The molecular weight excluding hydrogens is 260 g/mol. The maximum absolute atomic E-state index is 6.04. The highest BCUT2D eigenvalue weighted by Crippen LogP contribution is 2.38. The Morgan fingerprint density at radius 3 is 2.71 bits per heavy atom. The Morgan fingerprint density at radius 2 is 1.95 bits per heavy atom. The third-order valence-corrected chi connectivity index (χ3v) is 5.02. The molecule has 110 valence electrons. The molecule has 0 radical (unpaired) electrons. The molecule has 0 atom stereocenters. The zero-order valence-corrected chi connectivity index (χ0v) is 12.6. The molecule has 3 heterocycles. The minimum atomic E-state index is 0.189. The van der Waals surface area contributed by atoms with Gasteiger partial charge in [0.15, 0.2) is 0 Å². The molecule has 0 aliphatic carbocycles. The number of pyridine rings is 1. The van der Waals surface area contributed by atoms with Crippen LogP contribution in [-0.2, 0) is 4.74 Å². The van der Waals surface area contributed by atoms with E-state index in [-0.39, 0.29) is 5.60 Å². The second-order valence-electron chi connectivity index (χ2n) is 6.42. The normalized spacial score (nSPS) is 21.3. The fourth-order valence-electron chi connectivity index (χ4n) is 3.85. The molecule has 0 bridgehead atoms. The number of fused-ring (bicyclic) bond motifs is 1. The first-order chi connectivity index (χ1) is 10.3. The Bertz CT molecular complexity index is 651. The predicted molar refractivity (Wildman–Crippen MR) is 85.8 cm³/mol. The minimum absolute atomic E-state index is 0.189. The van der Waals surface area contributed by atoms with Crippen LogP contribution in [0.25, 0.3) is 10.9 Å². The van der Waals surface area contributed by atoms with Gasteiger partial charge < -0.3 is 9.64 Å². The van der Waals surface area contributed by atoms with E-state index in [9.17, 15) is 0 Å². The Morgan fingerprint density at radius 1 is 1.14 bits per heavy atom. The Hall–Kier alpha value is -1.61. The highest BCUT2D eigenvalue weighted by Gasteiger charge is 2.38. The van der Waals surface area contributed by atoms with Gasteiger partial charge in [-0.3, -0.25) is 4.98 Å². The van der Waals surface area contributed by atoms with Gasteiger partial charge in [0.05, 0.1) is 11.1 Å². The van der Waals surface area contributed by atoms with E-state index in [1.165, 1.54) is 23.9 Å². The van der Waals surface area contributed by atoms with Gasteiger partial charge in [-0.15, -0.1) is 0 Å². The van der Waals surface area contributed by atoms with Gasteiger partial charge in [0.2, 0.25) is 0 Å². The summed E-state index contributed by atoms with van der Waals surface area (Å²) in [6.45, 7) is 5.22. The van der Waals surface area contributed by atoms with Gasteiger partial charge in [0.1, 0.15) is 0 Å². The van der Waals surface area contributed by atoms with Gasteiger partial charge in [-0.25, -0.2) is 0 Å². The van der Waals surface area contributed by atoms with E-state index < -0.39 is 0 Å². The quantitative estimate of drug-likeness (QED) is 0.797. The molecule has 4 rings (SSSR count). The van der Waals surface area contributed by atoms with Gasteiger partial charge in [0.25, 0.3) is 0 Å². The number of benzene rings is 1. The summed E-state index contributed by atoms with van der Waals surface area (Å²) in [5.74, 6) is 0. The van der Waals surface area contributed by atoms with E-state index in [1.807, 2.05) is 0 Å². The minimum Gasteiger partial charge on any atom is -0.375 e. The van der Waals surface area contributed by atoms with Crippen molar-refractivity contribution >= 4 is 16.6 Å². The van der Waals surface area contributed by atoms with E-state index in [0.717, 1.165) is 43.7 Å². The van der Waals surface area contributed by atoms with Crippen LogP contribution >= 0.6 is 0 Å². The maximum atomic E-state index is 6.04. The molecule has 21 heavy (non-hydrogen) atoms. The Kier molecular flexibility index (Phi) is 3.11. The van der Waals surface area contributed by atoms with Crippen molar-refractivity contribution in [1.29, 1.82) is 0 Å². The molecule has 1 aromatic heterocycles. The highest BCUT2D eigenvalue weighted by atomic mass is 16.5. The number of anilines is 1. The van der Waals surface area contributed by atoms with Gasteiger partial charge in [0, 0.05) is 36.5 Å². The molecule has 2 aliphatic heterocycles. The van der Waals surface area contributed by atoms with Crippen molar-refractivity contribution in [3.05, 3.63) is 36.0 Å². The van der Waals surface area contributed by atoms with Crippen LogP contribution in [0.3, 0.4) is 0 Å². The maximum Gasteiger partial charge on any atom is 0.0726 e. The van der Waals surface area contributed by atoms with Crippen LogP contribution in [0.2, 0.25) is 0 Å². The van der Waals surface area contributed by atoms with Crippen LogP contribution in [0, 0.1) is 6.92 Å². The Balaban J connectivity index is 1.65. The van der Waals surface area contributed by atoms with Crippen molar-refractivity contribution in [2.75, 3.05) is 24.6 Å². The molecule has 3 nitrogen and oxygen atoms in total. The van der Waals surface area contributed by atoms with Crippen molar-refractivity contribution in [2.24, 2.45) is 0 Å². The monoisotopic (exact) mass is 282 g/mol. The molecule has 2 saturated heterocycles. The summed E-state index contributed by atoms with van der Waals surface area (Å²) in [6, 6.07) is 10.7. The lowest BCUT2D eigenvalue weighted by atomic mass is 9.88. The summed E-state index contributed by atoms with van der Waals surface area (Å²) in [5.41, 5.74) is 3.73. The molecule has 0 N–H and O–H groups in total. The molecule has 0 unspecified atom stereocenters. The van der Waals surface area contributed by atoms with Crippen molar-refractivity contribution in [3.8, 4) is 0 Å². The topological polar surface area (TPSA) is 25.4 Å². The van der Waals surface area contributed by atoms with Crippen LogP contribution in [0.5, 0.6) is 0 Å². The van der Waals surface area contributed by atoms with E-state index in [4.69, 9.17) is 4.74 Å². The summed E-state index contributed by atoms with van der Waals surface area (Å²) in [7, 11) is 0. The standard InChI is InChI=1S/C18H22N2O/c1-14-13-17(15-5-2-3-6-16(15)19-14)20-10-8-18(9-11-20)7-4-12-21-18/h2-3,5-6,13H,4,7-12H2,1H3. The largest absolute Gasteiger partial charge is 0.375 e. The molecule has 2 aromatic rings. The predicted octanol–water partition coefficient (Wildman–Crippen LogP) is 3.69. The van der Waals surface area contributed by atoms with Crippen molar-refractivity contribution in [2.45, 2.75) is 38.2 Å². The molecule has 0 saturated carbocycles. The molecule has 2 aliphatic rings. The van der Waals surface area contributed by atoms with Crippen LogP contribution in [0.4, 0.5) is 5.69 Å². The third-order valence-electron chi connectivity index (χ3n) is 5.02. The number of nitrogens with zero attached hydrogens (tertiary/aromatic N) is 2. The third kappa shape index (κ3) is 2.30. The summed E-state index contributed by atoms with van der Waals surface area (Å²) < 4.78 is 6.04.